The fourth-order valence-electron chi connectivity index (χ4n) is 1.30. The Morgan fingerprint density at radius 3 is 2.45 bits per heavy atom. The Balaban J connectivity index is 3.13. The minimum atomic E-state index is -0.554. The number of rotatable bonds is 4. The van der Waals surface area contributed by atoms with Gasteiger partial charge in [-0.05, 0) is 30.7 Å². The molecule has 0 atom stereocenters. The van der Waals surface area contributed by atoms with Crippen LogP contribution in [-0.2, 0) is 4.79 Å². The summed E-state index contributed by atoms with van der Waals surface area (Å²) in [6.07, 6.45) is 1.41. The SMILES string of the molecule is C=C(C)C(=O)Oc1ccc(C=C(C#N)C#N)cc1OC. The summed E-state index contributed by atoms with van der Waals surface area (Å²) < 4.78 is 10.2. The first-order chi connectivity index (χ1) is 9.51. The standard InChI is InChI=1S/C15H12N2O3/c1-10(2)15(18)20-13-5-4-11(7-14(13)19-3)6-12(8-16)9-17/h4-7H,1H2,2-3H3. The van der Waals surface area contributed by atoms with E-state index < -0.39 is 5.97 Å². The first-order valence-corrected chi connectivity index (χ1v) is 5.59. The van der Waals surface area contributed by atoms with Crippen LogP contribution in [-0.4, -0.2) is 13.1 Å². The molecule has 1 aromatic carbocycles. The molecule has 5 heteroatoms. The van der Waals surface area contributed by atoms with Gasteiger partial charge in [-0.25, -0.2) is 4.79 Å². The summed E-state index contributed by atoms with van der Waals surface area (Å²) in [5.74, 6) is 0.0121. The van der Waals surface area contributed by atoms with Crippen molar-refractivity contribution in [2.24, 2.45) is 0 Å². The second kappa shape index (κ2) is 6.77. The third-order valence-electron chi connectivity index (χ3n) is 2.29. The number of benzene rings is 1. The van der Waals surface area contributed by atoms with Crippen molar-refractivity contribution in [1.82, 2.24) is 0 Å². The molecule has 0 aliphatic rings. The van der Waals surface area contributed by atoms with Gasteiger partial charge in [-0.3, -0.25) is 0 Å². The van der Waals surface area contributed by atoms with E-state index in [2.05, 4.69) is 6.58 Å². The van der Waals surface area contributed by atoms with Crippen molar-refractivity contribution in [3.05, 3.63) is 41.5 Å². The van der Waals surface area contributed by atoms with Gasteiger partial charge in [-0.2, -0.15) is 10.5 Å². The zero-order valence-electron chi connectivity index (χ0n) is 11.1. The van der Waals surface area contributed by atoms with Crippen LogP contribution in [0.2, 0.25) is 0 Å². The van der Waals surface area contributed by atoms with Crippen LogP contribution in [0.25, 0.3) is 6.08 Å². The van der Waals surface area contributed by atoms with Crippen LogP contribution >= 0.6 is 0 Å². The summed E-state index contributed by atoms with van der Waals surface area (Å²) in [5, 5.41) is 17.4. The minimum absolute atomic E-state index is 0.0290. The number of ether oxygens (including phenoxy) is 2. The van der Waals surface area contributed by atoms with E-state index in [1.54, 1.807) is 24.3 Å². The number of hydrogen-bond acceptors (Lipinski definition) is 5. The summed E-state index contributed by atoms with van der Waals surface area (Å²) >= 11 is 0. The van der Waals surface area contributed by atoms with Crippen LogP contribution in [0.15, 0.2) is 35.9 Å². The molecule has 1 aromatic rings. The summed E-state index contributed by atoms with van der Waals surface area (Å²) in [6.45, 7) is 5.03. The zero-order chi connectivity index (χ0) is 15.1. The largest absolute Gasteiger partial charge is 0.493 e. The first-order valence-electron chi connectivity index (χ1n) is 5.59. The van der Waals surface area contributed by atoms with Gasteiger partial charge in [0.2, 0.25) is 0 Å². The van der Waals surface area contributed by atoms with Gasteiger partial charge < -0.3 is 9.47 Å². The highest BCUT2D eigenvalue weighted by molar-refractivity contribution is 5.89. The van der Waals surface area contributed by atoms with Gasteiger partial charge in [-0.1, -0.05) is 12.6 Å². The fourth-order valence-corrected chi connectivity index (χ4v) is 1.30. The number of nitrogens with zero attached hydrogens (tertiary/aromatic N) is 2. The highest BCUT2D eigenvalue weighted by Gasteiger charge is 2.11. The number of esters is 1. The van der Waals surface area contributed by atoms with E-state index in [0.717, 1.165) is 0 Å². The third-order valence-corrected chi connectivity index (χ3v) is 2.29. The summed E-state index contributed by atoms with van der Waals surface area (Å²) in [5.41, 5.74) is 0.834. The molecular weight excluding hydrogens is 256 g/mol. The van der Waals surface area contributed by atoms with E-state index in [1.165, 1.54) is 26.2 Å². The van der Waals surface area contributed by atoms with Gasteiger partial charge in [0.05, 0.1) is 7.11 Å². The minimum Gasteiger partial charge on any atom is -0.493 e. The monoisotopic (exact) mass is 268 g/mol. The normalized spacial score (nSPS) is 8.80. The van der Waals surface area contributed by atoms with E-state index in [4.69, 9.17) is 20.0 Å². The molecule has 100 valence electrons. The maximum atomic E-state index is 11.5. The Bertz CT molecular complexity index is 645. The molecule has 0 saturated heterocycles. The Labute approximate surface area is 117 Å². The second-order valence-electron chi connectivity index (χ2n) is 3.86. The van der Waals surface area contributed by atoms with Gasteiger partial charge in [-0.15, -0.1) is 0 Å². The lowest BCUT2D eigenvalue weighted by Crippen LogP contribution is -2.09. The van der Waals surface area contributed by atoms with Crippen molar-refractivity contribution in [2.75, 3.05) is 7.11 Å². The maximum absolute atomic E-state index is 11.5. The number of carbonyl (C=O) groups excluding carboxylic acids is 1. The number of allylic oxidation sites excluding steroid dienone is 1. The van der Waals surface area contributed by atoms with Gasteiger partial charge >= 0.3 is 5.97 Å². The molecule has 0 bridgehead atoms. The van der Waals surface area contributed by atoms with Crippen molar-refractivity contribution >= 4 is 12.0 Å². The van der Waals surface area contributed by atoms with E-state index in [1.807, 2.05) is 0 Å². The molecule has 0 amide bonds. The lowest BCUT2D eigenvalue weighted by molar-refractivity contribution is -0.130. The fraction of sp³-hybridized carbons (Fsp3) is 0.133. The summed E-state index contributed by atoms with van der Waals surface area (Å²) in [6, 6.07) is 8.22. The topological polar surface area (TPSA) is 83.1 Å². The van der Waals surface area contributed by atoms with E-state index in [0.29, 0.717) is 11.3 Å². The van der Waals surface area contributed by atoms with Gasteiger partial charge in [0.25, 0.3) is 0 Å². The predicted molar refractivity (Wildman–Crippen MR) is 72.6 cm³/mol. The highest BCUT2D eigenvalue weighted by atomic mass is 16.6. The number of nitriles is 2. The lowest BCUT2D eigenvalue weighted by Gasteiger charge is -2.09. The van der Waals surface area contributed by atoms with Gasteiger partial charge in [0.15, 0.2) is 11.5 Å². The quantitative estimate of drug-likeness (QED) is 0.363. The molecule has 0 aliphatic heterocycles. The van der Waals surface area contributed by atoms with Crippen molar-refractivity contribution < 1.29 is 14.3 Å². The third kappa shape index (κ3) is 3.72. The van der Waals surface area contributed by atoms with Gasteiger partial charge in [0, 0.05) is 5.57 Å². The molecule has 0 fully saturated rings. The average molecular weight is 268 g/mol. The van der Waals surface area contributed by atoms with Crippen molar-refractivity contribution in [3.63, 3.8) is 0 Å². The van der Waals surface area contributed by atoms with Crippen molar-refractivity contribution in [2.45, 2.75) is 6.92 Å². The molecule has 0 heterocycles. The lowest BCUT2D eigenvalue weighted by atomic mass is 10.1. The van der Waals surface area contributed by atoms with Crippen LogP contribution < -0.4 is 9.47 Å². The molecule has 0 N–H and O–H groups in total. The molecule has 20 heavy (non-hydrogen) atoms. The highest BCUT2D eigenvalue weighted by Crippen LogP contribution is 2.29. The van der Waals surface area contributed by atoms with Crippen molar-refractivity contribution in [3.8, 4) is 23.6 Å². The average Bonchev–Trinajstić information content (AvgIpc) is 2.45. The Hall–Kier alpha value is -3.05. The number of methoxy groups -OCH3 is 1. The van der Waals surface area contributed by atoms with Crippen LogP contribution in [0.3, 0.4) is 0 Å². The van der Waals surface area contributed by atoms with Crippen LogP contribution in [0, 0.1) is 22.7 Å². The maximum Gasteiger partial charge on any atom is 0.338 e. The summed E-state index contributed by atoms with van der Waals surface area (Å²) in [4.78, 5) is 11.5. The Kier molecular flexibility index (Phi) is 5.08. The van der Waals surface area contributed by atoms with Crippen molar-refractivity contribution in [1.29, 1.82) is 10.5 Å². The molecule has 0 radical (unpaired) electrons. The van der Waals surface area contributed by atoms with E-state index in [9.17, 15) is 4.79 Å². The van der Waals surface area contributed by atoms with Crippen LogP contribution in [0.4, 0.5) is 0 Å². The predicted octanol–water partition coefficient (Wildman–Crippen LogP) is 2.61. The van der Waals surface area contributed by atoms with Crippen LogP contribution in [0.1, 0.15) is 12.5 Å². The molecule has 0 spiro atoms. The Morgan fingerprint density at radius 2 is 1.95 bits per heavy atom. The zero-order valence-corrected chi connectivity index (χ0v) is 11.1. The second-order valence-corrected chi connectivity index (χ2v) is 3.86. The molecule has 0 aliphatic carbocycles. The molecule has 0 saturated carbocycles. The molecule has 5 nitrogen and oxygen atoms in total. The number of carbonyl (C=O) groups is 1. The van der Waals surface area contributed by atoms with E-state index >= 15 is 0 Å². The molecular formula is C15H12N2O3. The van der Waals surface area contributed by atoms with E-state index in [-0.39, 0.29) is 16.9 Å². The molecule has 1 rings (SSSR count). The number of hydrogen-bond donors (Lipinski definition) is 0. The summed E-state index contributed by atoms with van der Waals surface area (Å²) in [7, 11) is 1.43. The van der Waals surface area contributed by atoms with Gasteiger partial charge in [0.1, 0.15) is 17.7 Å². The first kappa shape index (κ1) is 15.0. The molecule has 0 aromatic heterocycles. The Morgan fingerprint density at radius 1 is 1.30 bits per heavy atom. The smallest absolute Gasteiger partial charge is 0.338 e. The van der Waals surface area contributed by atoms with Crippen LogP contribution in [0.5, 0.6) is 11.5 Å². The molecule has 0 unspecified atom stereocenters.